The van der Waals surface area contributed by atoms with E-state index in [1.165, 1.54) is 0 Å². The number of rotatable bonds is 6. The van der Waals surface area contributed by atoms with E-state index in [0.717, 1.165) is 32.1 Å². The molecule has 2 saturated carbocycles. The van der Waals surface area contributed by atoms with Crippen LogP contribution in [0.25, 0.3) is 0 Å². The molecule has 0 radical (unpaired) electrons. The molecule has 0 unspecified atom stereocenters. The van der Waals surface area contributed by atoms with Gasteiger partial charge < -0.3 is 15.7 Å². The van der Waals surface area contributed by atoms with Gasteiger partial charge in [0.25, 0.3) is 0 Å². The molecule has 5 nitrogen and oxygen atoms in total. The Morgan fingerprint density at radius 3 is 2.15 bits per heavy atom. The second-order valence-electron chi connectivity index (χ2n) is 6.07. The van der Waals surface area contributed by atoms with E-state index in [0.29, 0.717) is 19.4 Å². The van der Waals surface area contributed by atoms with Crippen LogP contribution in [-0.2, 0) is 4.79 Å². The average molecular weight is 300 g/mol. The third-order valence-corrected chi connectivity index (χ3v) is 6.08. The van der Waals surface area contributed by atoms with E-state index in [-0.39, 0.29) is 17.3 Å². The Morgan fingerprint density at radius 1 is 1.05 bits per heavy atom. The molecular formula is C14H24N2O3S. The van der Waals surface area contributed by atoms with Gasteiger partial charge in [0.05, 0.1) is 5.41 Å². The number of carboxylic acid groups (broad SMARTS) is 1. The van der Waals surface area contributed by atoms with Crippen molar-refractivity contribution in [3.8, 4) is 0 Å². The summed E-state index contributed by atoms with van der Waals surface area (Å²) in [7, 11) is 0. The minimum Gasteiger partial charge on any atom is -0.481 e. The van der Waals surface area contributed by atoms with Gasteiger partial charge >= 0.3 is 12.0 Å². The van der Waals surface area contributed by atoms with Gasteiger partial charge in [-0.1, -0.05) is 19.3 Å². The van der Waals surface area contributed by atoms with Crippen molar-refractivity contribution in [3.63, 3.8) is 0 Å². The highest BCUT2D eigenvalue weighted by Gasteiger charge is 2.42. The molecule has 2 aliphatic rings. The summed E-state index contributed by atoms with van der Waals surface area (Å²) in [5.41, 5.74) is -0.758. The van der Waals surface area contributed by atoms with Crippen molar-refractivity contribution in [2.75, 3.05) is 19.3 Å². The van der Waals surface area contributed by atoms with Gasteiger partial charge in [-0.25, -0.2) is 4.79 Å². The molecule has 0 heterocycles. The molecule has 0 aliphatic heterocycles. The summed E-state index contributed by atoms with van der Waals surface area (Å²) in [6.45, 7) is 0.903. The van der Waals surface area contributed by atoms with Crippen LogP contribution < -0.4 is 10.6 Å². The Morgan fingerprint density at radius 2 is 1.65 bits per heavy atom. The lowest BCUT2D eigenvalue weighted by Crippen LogP contribution is -2.48. The van der Waals surface area contributed by atoms with Crippen LogP contribution in [0, 0.1) is 5.41 Å². The van der Waals surface area contributed by atoms with E-state index in [9.17, 15) is 14.7 Å². The van der Waals surface area contributed by atoms with Crippen molar-refractivity contribution in [2.24, 2.45) is 5.41 Å². The summed E-state index contributed by atoms with van der Waals surface area (Å²) in [6.07, 6.45) is 8.65. The monoisotopic (exact) mass is 300 g/mol. The summed E-state index contributed by atoms with van der Waals surface area (Å²) < 4.78 is 0.229. The molecule has 20 heavy (non-hydrogen) atoms. The van der Waals surface area contributed by atoms with Crippen molar-refractivity contribution in [3.05, 3.63) is 0 Å². The highest BCUT2D eigenvalue weighted by molar-refractivity contribution is 8.00. The lowest BCUT2D eigenvalue weighted by molar-refractivity contribution is -0.150. The van der Waals surface area contributed by atoms with Crippen LogP contribution >= 0.6 is 11.8 Å². The molecule has 2 rings (SSSR count). The number of hydrogen-bond donors (Lipinski definition) is 3. The summed E-state index contributed by atoms with van der Waals surface area (Å²) in [4.78, 5) is 23.3. The van der Waals surface area contributed by atoms with Crippen LogP contribution in [0.2, 0.25) is 0 Å². The molecule has 3 N–H and O–H groups in total. The lowest BCUT2D eigenvalue weighted by Gasteiger charge is -2.33. The second-order valence-corrected chi connectivity index (χ2v) is 7.34. The minimum absolute atomic E-state index is 0.229. The molecule has 0 aromatic carbocycles. The Kier molecular flexibility index (Phi) is 4.83. The summed E-state index contributed by atoms with van der Waals surface area (Å²) in [5, 5.41) is 15.1. The summed E-state index contributed by atoms with van der Waals surface area (Å²) in [6, 6.07) is -0.239. The first-order chi connectivity index (χ1) is 9.52. The molecule has 0 aromatic rings. The standard InChI is InChI=1S/C14H24N2O3S/c1-20-14(7-8-14)10-16-12(19)15-9-13(11(17)18)5-3-2-4-6-13/h2-10H2,1H3,(H,17,18)(H2,15,16,19). The van der Waals surface area contributed by atoms with Crippen LogP contribution in [0.15, 0.2) is 0 Å². The fourth-order valence-electron chi connectivity index (χ4n) is 2.84. The van der Waals surface area contributed by atoms with Crippen LogP contribution in [0.5, 0.6) is 0 Å². The number of thioether (sulfide) groups is 1. The summed E-state index contributed by atoms with van der Waals surface area (Å²) in [5.74, 6) is -0.778. The van der Waals surface area contributed by atoms with E-state index in [1.807, 2.05) is 0 Å². The van der Waals surface area contributed by atoms with Crippen LogP contribution in [0.3, 0.4) is 0 Å². The molecule has 0 aromatic heterocycles. The van der Waals surface area contributed by atoms with Gasteiger partial charge in [-0.2, -0.15) is 11.8 Å². The van der Waals surface area contributed by atoms with Gasteiger partial charge in [0, 0.05) is 17.8 Å². The molecule has 0 saturated heterocycles. The van der Waals surface area contributed by atoms with Crippen molar-refractivity contribution >= 4 is 23.8 Å². The number of carbonyl (C=O) groups excluding carboxylic acids is 1. The predicted molar refractivity (Wildman–Crippen MR) is 80.0 cm³/mol. The zero-order valence-corrected chi connectivity index (χ0v) is 12.9. The third kappa shape index (κ3) is 3.59. The number of urea groups is 1. The quantitative estimate of drug-likeness (QED) is 0.703. The Bertz CT molecular complexity index is 377. The smallest absolute Gasteiger partial charge is 0.314 e. The van der Waals surface area contributed by atoms with E-state index < -0.39 is 11.4 Å². The fraction of sp³-hybridized carbons (Fsp3) is 0.857. The Balaban J connectivity index is 1.77. The van der Waals surface area contributed by atoms with Gasteiger partial charge in [0.1, 0.15) is 0 Å². The zero-order valence-electron chi connectivity index (χ0n) is 12.0. The molecular weight excluding hydrogens is 276 g/mol. The van der Waals surface area contributed by atoms with Gasteiger partial charge in [0.2, 0.25) is 0 Å². The van der Waals surface area contributed by atoms with Crippen LogP contribution in [0.4, 0.5) is 4.79 Å². The Labute approximate surface area is 124 Å². The van der Waals surface area contributed by atoms with Crippen LogP contribution in [0.1, 0.15) is 44.9 Å². The van der Waals surface area contributed by atoms with Gasteiger partial charge in [-0.05, 0) is 31.9 Å². The Hall–Kier alpha value is -0.910. The molecule has 2 aliphatic carbocycles. The number of carbonyl (C=O) groups is 2. The number of aliphatic carboxylic acids is 1. The topological polar surface area (TPSA) is 78.4 Å². The van der Waals surface area contributed by atoms with E-state index >= 15 is 0 Å². The molecule has 2 fully saturated rings. The number of amides is 2. The van der Waals surface area contributed by atoms with Crippen molar-refractivity contribution in [2.45, 2.75) is 49.7 Å². The average Bonchev–Trinajstić information content (AvgIpc) is 3.24. The van der Waals surface area contributed by atoms with E-state index in [1.54, 1.807) is 11.8 Å². The first kappa shape index (κ1) is 15.5. The van der Waals surface area contributed by atoms with Crippen molar-refractivity contribution in [1.29, 1.82) is 0 Å². The molecule has 0 spiro atoms. The summed E-state index contributed by atoms with van der Waals surface area (Å²) >= 11 is 1.79. The molecule has 2 amide bonds. The number of hydrogen-bond acceptors (Lipinski definition) is 3. The van der Waals surface area contributed by atoms with Gasteiger partial charge in [-0.3, -0.25) is 4.79 Å². The molecule has 114 valence electrons. The molecule has 0 bridgehead atoms. The fourth-order valence-corrected chi connectivity index (χ4v) is 3.57. The predicted octanol–water partition coefficient (Wildman–Crippen LogP) is 2.22. The van der Waals surface area contributed by atoms with Crippen molar-refractivity contribution < 1.29 is 14.7 Å². The number of carboxylic acids is 1. The van der Waals surface area contributed by atoms with Crippen molar-refractivity contribution in [1.82, 2.24) is 10.6 Å². The molecule has 0 atom stereocenters. The highest BCUT2D eigenvalue weighted by Crippen LogP contribution is 2.46. The van der Waals surface area contributed by atoms with Gasteiger partial charge in [-0.15, -0.1) is 0 Å². The maximum absolute atomic E-state index is 11.8. The molecule has 6 heteroatoms. The number of nitrogens with one attached hydrogen (secondary N) is 2. The van der Waals surface area contributed by atoms with Crippen LogP contribution in [-0.4, -0.2) is 41.2 Å². The maximum atomic E-state index is 11.8. The highest BCUT2D eigenvalue weighted by atomic mass is 32.2. The SMILES string of the molecule is CSC1(CNC(=O)NCC2(C(=O)O)CCCCC2)CC1. The van der Waals surface area contributed by atoms with Gasteiger partial charge in [0.15, 0.2) is 0 Å². The zero-order chi connectivity index (χ0) is 14.6. The third-order valence-electron chi connectivity index (χ3n) is 4.66. The maximum Gasteiger partial charge on any atom is 0.314 e. The lowest BCUT2D eigenvalue weighted by atomic mass is 9.74. The largest absolute Gasteiger partial charge is 0.481 e. The first-order valence-electron chi connectivity index (χ1n) is 7.32. The first-order valence-corrected chi connectivity index (χ1v) is 8.55. The van der Waals surface area contributed by atoms with E-state index in [4.69, 9.17) is 0 Å². The second kappa shape index (κ2) is 6.24. The van der Waals surface area contributed by atoms with E-state index in [2.05, 4.69) is 16.9 Å². The normalized spacial score (nSPS) is 22.9. The minimum atomic E-state index is -0.778.